The predicted molar refractivity (Wildman–Crippen MR) is 60.7 cm³/mol. The van der Waals surface area contributed by atoms with Crippen molar-refractivity contribution < 1.29 is 4.74 Å². The summed E-state index contributed by atoms with van der Waals surface area (Å²) < 4.78 is 6.68. The molecular formula is C11H14BrNO. The predicted octanol–water partition coefficient (Wildman–Crippen LogP) is 2.66. The van der Waals surface area contributed by atoms with Gasteiger partial charge in [0.05, 0.1) is 6.61 Å². The normalized spacial score (nSPS) is 20.0. The van der Waals surface area contributed by atoms with Crippen LogP contribution in [-0.4, -0.2) is 13.2 Å². The largest absolute Gasteiger partial charge is 0.493 e. The Bertz CT molecular complexity index is 327. The van der Waals surface area contributed by atoms with E-state index in [9.17, 15) is 0 Å². The molecule has 1 atom stereocenters. The first kappa shape index (κ1) is 9.99. The monoisotopic (exact) mass is 255 g/mol. The third kappa shape index (κ3) is 1.93. The topological polar surface area (TPSA) is 35.2 Å². The molecule has 0 bridgehead atoms. The Morgan fingerprint density at radius 2 is 2.36 bits per heavy atom. The first-order valence-corrected chi connectivity index (χ1v) is 5.73. The maximum atomic E-state index is 5.61. The van der Waals surface area contributed by atoms with Crippen LogP contribution in [0.1, 0.15) is 24.3 Å². The maximum absolute atomic E-state index is 5.61. The highest BCUT2D eigenvalue weighted by molar-refractivity contribution is 9.10. The van der Waals surface area contributed by atoms with Crippen LogP contribution in [0.4, 0.5) is 0 Å². The van der Waals surface area contributed by atoms with E-state index in [2.05, 4.69) is 28.1 Å². The molecule has 0 aromatic heterocycles. The Morgan fingerprint density at radius 3 is 3.14 bits per heavy atom. The second-order valence-corrected chi connectivity index (χ2v) is 4.51. The summed E-state index contributed by atoms with van der Waals surface area (Å²) in [5.74, 6) is 1.60. The van der Waals surface area contributed by atoms with Gasteiger partial charge in [-0.3, -0.25) is 0 Å². The van der Waals surface area contributed by atoms with Crippen LogP contribution in [0.3, 0.4) is 0 Å². The van der Waals surface area contributed by atoms with Crippen molar-refractivity contribution in [3.63, 3.8) is 0 Å². The van der Waals surface area contributed by atoms with E-state index < -0.39 is 0 Å². The van der Waals surface area contributed by atoms with Gasteiger partial charge in [0.2, 0.25) is 0 Å². The van der Waals surface area contributed by atoms with Crippen LogP contribution in [0.15, 0.2) is 22.7 Å². The molecule has 2 nitrogen and oxygen atoms in total. The van der Waals surface area contributed by atoms with Crippen LogP contribution in [-0.2, 0) is 0 Å². The average molecular weight is 256 g/mol. The summed E-state index contributed by atoms with van der Waals surface area (Å²) in [6.07, 6.45) is 2.14. The van der Waals surface area contributed by atoms with Gasteiger partial charge in [-0.05, 0) is 43.0 Å². The highest BCUT2D eigenvalue weighted by atomic mass is 79.9. The SMILES string of the molecule is NCCC1CCOc2cc(Br)ccc21. The minimum Gasteiger partial charge on any atom is -0.493 e. The Balaban J connectivity index is 2.30. The van der Waals surface area contributed by atoms with Crippen LogP contribution < -0.4 is 10.5 Å². The number of hydrogen-bond acceptors (Lipinski definition) is 2. The van der Waals surface area contributed by atoms with Gasteiger partial charge in [-0.25, -0.2) is 0 Å². The fourth-order valence-corrected chi connectivity index (χ4v) is 2.28. The van der Waals surface area contributed by atoms with Gasteiger partial charge in [-0.1, -0.05) is 22.0 Å². The molecule has 0 spiro atoms. The van der Waals surface area contributed by atoms with Gasteiger partial charge in [0.15, 0.2) is 0 Å². The molecular weight excluding hydrogens is 242 g/mol. The number of fused-ring (bicyclic) bond motifs is 1. The van der Waals surface area contributed by atoms with E-state index in [1.807, 2.05) is 6.07 Å². The van der Waals surface area contributed by atoms with E-state index in [1.54, 1.807) is 0 Å². The summed E-state index contributed by atoms with van der Waals surface area (Å²) >= 11 is 3.44. The number of halogens is 1. The van der Waals surface area contributed by atoms with Crippen molar-refractivity contribution in [1.29, 1.82) is 0 Å². The molecule has 0 saturated heterocycles. The van der Waals surface area contributed by atoms with E-state index in [1.165, 1.54) is 5.56 Å². The lowest BCUT2D eigenvalue weighted by molar-refractivity contribution is 0.264. The molecule has 2 N–H and O–H groups in total. The van der Waals surface area contributed by atoms with E-state index >= 15 is 0 Å². The molecule has 0 amide bonds. The van der Waals surface area contributed by atoms with E-state index in [0.717, 1.165) is 36.2 Å². The van der Waals surface area contributed by atoms with Gasteiger partial charge in [0.25, 0.3) is 0 Å². The lowest BCUT2D eigenvalue weighted by atomic mass is 9.90. The lowest BCUT2D eigenvalue weighted by Crippen LogP contribution is -2.17. The molecule has 0 fully saturated rings. The summed E-state index contributed by atoms with van der Waals surface area (Å²) in [5.41, 5.74) is 6.91. The van der Waals surface area contributed by atoms with Crippen LogP contribution in [0.5, 0.6) is 5.75 Å². The van der Waals surface area contributed by atoms with Gasteiger partial charge in [0, 0.05) is 4.47 Å². The molecule has 76 valence electrons. The molecule has 2 rings (SSSR count). The smallest absolute Gasteiger partial charge is 0.123 e. The molecule has 1 aliphatic heterocycles. The van der Waals surface area contributed by atoms with E-state index in [4.69, 9.17) is 10.5 Å². The Hall–Kier alpha value is -0.540. The number of benzene rings is 1. The van der Waals surface area contributed by atoms with Crippen LogP contribution in [0, 0.1) is 0 Å². The zero-order valence-electron chi connectivity index (χ0n) is 8.00. The fraction of sp³-hybridized carbons (Fsp3) is 0.455. The van der Waals surface area contributed by atoms with Crippen molar-refractivity contribution in [2.75, 3.05) is 13.2 Å². The first-order chi connectivity index (χ1) is 6.81. The minimum atomic E-state index is 0.580. The lowest BCUT2D eigenvalue weighted by Gasteiger charge is -2.25. The summed E-state index contributed by atoms with van der Waals surface area (Å²) in [4.78, 5) is 0. The molecule has 1 aliphatic rings. The fourth-order valence-electron chi connectivity index (χ4n) is 1.94. The van der Waals surface area contributed by atoms with Gasteiger partial charge in [-0.2, -0.15) is 0 Å². The number of ether oxygens (including phenoxy) is 1. The van der Waals surface area contributed by atoms with E-state index in [0.29, 0.717) is 5.92 Å². The maximum Gasteiger partial charge on any atom is 0.123 e. The van der Waals surface area contributed by atoms with Crippen molar-refractivity contribution in [3.05, 3.63) is 28.2 Å². The first-order valence-electron chi connectivity index (χ1n) is 4.93. The van der Waals surface area contributed by atoms with Crippen LogP contribution in [0.2, 0.25) is 0 Å². The zero-order valence-corrected chi connectivity index (χ0v) is 9.59. The van der Waals surface area contributed by atoms with Crippen LogP contribution in [0.25, 0.3) is 0 Å². The van der Waals surface area contributed by atoms with Crippen molar-refractivity contribution in [2.45, 2.75) is 18.8 Å². The van der Waals surface area contributed by atoms with E-state index in [-0.39, 0.29) is 0 Å². The number of rotatable bonds is 2. The van der Waals surface area contributed by atoms with Crippen molar-refractivity contribution in [3.8, 4) is 5.75 Å². The molecule has 0 saturated carbocycles. The molecule has 14 heavy (non-hydrogen) atoms. The second-order valence-electron chi connectivity index (χ2n) is 3.59. The van der Waals surface area contributed by atoms with Gasteiger partial charge in [0.1, 0.15) is 5.75 Å². The Kier molecular flexibility index (Phi) is 3.08. The molecule has 1 heterocycles. The Labute approximate surface area is 92.6 Å². The number of nitrogens with two attached hydrogens (primary N) is 1. The van der Waals surface area contributed by atoms with Crippen LogP contribution >= 0.6 is 15.9 Å². The average Bonchev–Trinajstić information content (AvgIpc) is 2.18. The molecule has 0 radical (unpaired) electrons. The third-order valence-corrected chi connectivity index (χ3v) is 3.15. The summed E-state index contributed by atoms with van der Waals surface area (Å²) in [6, 6.07) is 6.24. The molecule has 0 aliphatic carbocycles. The standard InChI is InChI=1S/C11H14BrNO/c12-9-1-2-10-8(3-5-13)4-6-14-11(10)7-9/h1-2,7-8H,3-6,13H2. The molecule has 1 unspecified atom stereocenters. The highest BCUT2D eigenvalue weighted by Crippen LogP contribution is 2.36. The van der Waals surface area contributed by atoms with Gasteiger partial charge < -0.3 is 10.5 Å². The molecule has 1 aromatic rings. The molecule has 3 heteroatoms. The quantitative estimate of drug-likeness (QED) is 0.882. The number of hydrogen-bond donors (Lipinski definition) is 1. The molecule has 1 aromatic carbocycles. The van der Waals surface area contributed by atoms with Gasteiger partial charge >= 0.3 is 0 Å². The summed E-state index contributed by atoms with van der Waals surface area (Å²) in [7, 11) is 0. The summed E-state index contributed by atoms with van der Waals surface area (Å²) in [5, 5.41) is 0. The summed E-state index contributed by atoms with van der Waals surface area (Å²) in [6.45, 7) is 1.56. The minimum absolute atomic E-state index is 0.580. The second kappa shape index (κ2) is 4.32. The third-order valence-electron chi connectivity index (χ3n) is 2.65. The van der Waals surface area contributed by atoms with Crippen molar-refractivity contribution >= 4 is 15.9 Å². The Morgan fingerprint density at radius 1 is 1.50 bits per heavy atom. The zero-order chi connectivity index (χ0) is 9.97. The van der Waals surface area contributed by atoms with Gasteiger partial charge in [-0.15, -0.1) is 0 Å². The van der Waals surface area contributed by atoms with Crippen molar-refractivity contribution in [2.24, 2.45) is 5.73 Å². The van der Waals surface area contributed by atoms with Crippen molar-refractivity contribution in [1.82, 2.24) is 0 Å². The highest BCUT2D eigenvalue weighted by Gasteiger charge is 2.20.